The van der Waals surface area contributed by atoms with Crippen LogP contribution >= 0.6 is 23.2 Å². The summed E-state index contributed by atoms with van der Waals surface area (Å²) in [6.45, 7) is 2.96. The number of carbonyl (C=O) groups excluding carboxylic acids is 2. The molecule has 0 unspecified atom stereocenters. The second-order valence-corrected chi connectivity index (χ2v) is 7.02. The number of hydrogen-bond acceptors (Lipinski definition) is 5. The van der Waals surface area contributed by atoms with Gasteiger partial charge in [0.15, 0.2) is 0 Å². The number of benzene rings is 1. The lowest BCUT2D eigenvalue weighted by atomic mass is 10.1. The van der Waals surface area contributed by atoms with Gasteiger partial charge in [0.2, 0.25) is 0 Å². The topological polar surface area (TPSA) is 75.2 Å². The monoisotopic (exact) mass is 404 g/mol. The Morgan fingerprint density at radius 3 is 2.48 bits per heavy atom. The first-order chi connectivity index (χ1) is 12.9. The van der Waals surface area contributed by atoms with Gasteiger partial charge in [0.1, 0.15) is 11.6 Å². The Labute approximate surface area is 167 Å². The number of ketones is 1. The third-order valence-corrected chi connectivity index (χ3v) is 4.80. The molecule has 2 heterocycles. The summed E-state index contributed by atoms with van der Waals surface area (Å²) < 4.78 is 0. The van der Waals surface area contributed by atoms with Crippen molar-refractivity contribution in [2.75, 3.05) is 13.1 Å². The van der Waals surface area contributed by atoms with Crippen molar-refractivity contribution in [3.63, 3.8) is 0 Å². The van der Waals surface area contributed by atoms with Crippen LogP contribution < -0.4 is 5.32 Å². The first kappa shape index (κ1) is 19.3. The molecule has 2 aromatic rings. The number of aryl methyl sites for hydroxylation is 1. The SMILES string of the molecule is Cc1ncc(/C(=C/NC(=O)c2ccc(Cl)cc2Cl)N2CCC(=O)CC2)cn1. The Balaban J connectivity index is 1.86. The fourth-order valence-corrected chi connectivity index (χ4v) is 3.26. The molecular formula is C19H18Cl2N4O2. The maximum atomic E-state index is 12.5. The molecule has 1 saturated heterocycles. The van der Waals surface area contributed by atoms with E-state index in [2.05, 4.69) is 15.3 Å². The molecular weight excluding hydrogens is 387 g/mol. The summed E-state index contributed by atoms with van der Waals surface area (Å²) in [5.41, 5.74) is 1.84. The molecule has 6 nitrogen and oxygen atoms in total. The van der Waals surface area contributed by atoms with Gasteiger partial charge in [-0.3, -0.25) is 9.59 Å². The fourth-order valence-electron chi connectivity index (χ4n) is 2.76. The maximum absolute atomic E-state index is 12.5. The summed E-state index contributed by atoms with van der Waals surface area (Å²) >= 11 is 12.0. The highest BCUT2D eigenvalue weighted by Gasteiger charge is 2.20. The summed E-state index contributed by atoms with van der Waals surface area (Å²) in [5.74, 6) is 0.543. The minimum Gasteiger partial charge on any atom is -0.369 e. The van der Waals surface area contributed by atoms with E-state index in [1.165, 1.54) is 6.07 Å². The van der Waals surface area contributed by atoms with E-state index >= 15 is 0 Å². The van der Waals surface area contributed by atoms with Crippen molar-refractivity contribution in [1.29, 1.82) is 0 Å². The van der Waals surface area contributed by atoms with Crippen molar-refractivity contribution < 1.29 is 9.59 Å². The molecule has 1 amide bonds. The molecule has 1 aromatic heterocycles. The Morgan fingerprint density at radius 1 is 1.19 bits per heavy atom. The second kappa shape index (κ2) is 8.50. The molecule has 0 bridgehead atoms. The molecule has 1 N–H and O–H groups in total. The number of Topliss-reactive ketones (excluding diaryl/α,β-unsaturated/α-hetero) is 1. The average Bonchev–Trinajstić information content (AvgIpc) is 2.64. The van der Waals surface area contributed by atoms with Crippen LogP contribution in [0.15, 0.2) is 36.8 Å². The van der Waals surface area contributed by atoms with Crippen molar-refractivity contribution in [2.45, 2.75) is 19.8 Å². The molecule has 0 atom stereocenters. The first-order valence-electron chi connectivity index (χ1n) is 8.46. The zero-order chi connectivity index (χ0) is 19.4. The molecule has 0 saturated carbocycles. The van der Waals surface area contributed by atoms with E-state index in [4.69, 9.17) is 23.2 Å². The number of piperidine rings is 1. The van der Waals surface area contributed by atoms with Crippen molar-refractivity contribution in [1.82, 2.24) is 20.2 Å². The molecule has 140 valence electrons. The van der Waals surface area contributed by atoms with Crippen LogP contribution in [0, 0.1) is 6.92 Å². The highest BCUT2D eigenvalue weighted by Crippen LogP contribution is 2.23. The molecule has 1 fully saturated rings. The molecule has 0 aliphatic carbocycles. The van der Waals surface area contributed by atoms with Crippen LogP contribution in [0.2, 0.25) is 10.0 Å². The fraction of sp³-hybridized carbons (Fsp3) is 0.263. The Bertz CT molecular complexity index is 887. The van der Waals surface area contributed by atoms with E-state index in [0.717, 1.165) is 11.3 Å². The number of likely N-dealkylation sites (tertiary alicyclic amines) is 1. The van der Waals surface area contributed by atoms with Crippen molar-refractivity contribution >= 4 is 40.6 Å². The van der Waals surface area contributed by atoms with Crippen LogP contribution in [-0.4, -0.2) is 39.6 Å². The van der Waals surface area contributed by atoms with Gasteiger partial charge in [0, 0.05) is 55.1 Å². The van der Waals surface area contributed by atoms with Crippen LogP contribution in [0.1, 0.15) is 34.6 Å². The van der Waals surface area contributed by atoms with Crippen LogP contribution in [0.3, 0.4) is 0 Å². The van der Waals surface area contributed by atoms with Gasteiger partial charge >= 0.3 is 0 Å². The van der Waals surface area contributed by atoms with Crippen molar-refractivity contribution in [2.24, 2.45) is 0 Å². The van der Waals surface area contributed by atoms with Gasteiger partial charge in [-0.15, -0.1) is 0 Å². The van der Waals surface area contributed by atoms with Gasteiger partial charge in [-0.1, -0.05) is 23.2 Å². The Kier molecular flexibility index (Phi) is 6.08. The molecule has 1 aromatic carbocycles. The molecule has 27 heavy (non-hydrogen) atoms. The first-order valence-corrected chi connectivity index (χ1v) is 9.21. The average molecular weight is 405 g/mol. The van der Waals surface area contributed by atoms with Gasteiger partial charge < -0.3 is 10.2 Å². The number of hydrogen-bond donors (Lipinski definition) is 1. The number of rotatable bonds is 4. The highest BCUT2D eigenvalue weighted by molar-refractivity contribution is 6.36. The summed E-state index contributed by atoms with van der Waals surface area (Å²) in [7, 11) is 0. The summed E-state index contributed by atoms with van der Waals surface area (Å²) in [5, 5.41) is 3.51. The smallest absolute Gasteiger partial charge is 0.256 e. The number of amides is 1. The summed E-state index contributed by atoms with van der Waals surface area (Å²) in [6.07, 6.45) is 5.96. The molecule has 3 rings (SSSR count). The van der Waals surface area contributed by atoms with E-state index < -0.39 is 0 Å². The molecule has 0 spiro atoms. The molecule has 1 aliphatic rings. The third-order valence-electron chi connectivity index (χ3n) is 4.25. The minimum absolute atomic E-state index is 0.239. The third kappa shape index (κ3) is 4.84. The Morgan fingerprint density at radius 2 is 1.85 bits per heavy atom. The van der Waals surface area contributed by atoms with Crippen LogP contribution in [0.25, 0.3) is 5.70 Å². The number of nitrogens with zero attached hydrogens (tertiary/aromatic N) is 3. The van der Waals surface area contributed by atoms with E-state index in [0.29, 0.717) is 42.3 Å². The zero-order valence-corrected chi connectivity index (χ0v) is 16.2. The van der Waals surface area contributed by atoms with Crippen LogP contribution in [-0.2, 0) is 4.79 Å². The lowest BCUT2D eigenvalue weighted by Crippen LogP contribution is -2.33. The van der Waals surface area contributed by atoms with Gasteiger partial charge in [0.05, 0.1) is 16.3 Å². The predicted molar refractivity (Wildman–Crippen MR) is 104 cm³/mol. The molecule has 1 aliphatic heterocycles. The van der Waals surface area contributed by atoms with E-state index in [1.807, 2.05) is 4.90 Å². The van der Waals surface area contributed by atoms with Crippen LogP contribution in [0.5, 0.6) is 0 Å². The highest BCUT2D eigenvalue weighted by atomic mass is 35.5. The molecule has 8 heteroatoms. The lowest BCUT2D eigenvalue weighted by molar-refractivity contribution is -0.120. The quantitative estimate of drug-likeness (QED) is 0.843. The second-order valence-electron chi connectivity index (χ2n) is 6.17. The number of halogens is 2. The summed E-state index contributed by atoms with van der Waals surface area (Å²) in [6, 6.07) is 4.70. The van der Waals surface area contributed by atoms with E-state index in [1.54, 1.807) is 37.7 Å². The zero-order valence-electron chi connectivity index (χ0n) is 14.7. The van der Waals surface area contributed by atoms with Crippen molar-refractivity contribution in [3.05, 3.63) is 63.8 Å². The number of nitrogens with one attached hydrogen (secondary N) is 1. The van der Waals surface area contributed by atoms with E-state index in [-0.39, 0.29) is 16.7 Å². The number of aromatic nitrogens is 2. The normalized spacial score (nSPS) is 15.0. The minimum atomic E-state index is -0.352. The van der Waals surface area contributed by atoms with Gasteiger partial charge in [-0.2, -0.15) is 0 Å². The van der Waals surface area contributed by atoms with Gasteiger partial charge in [0.25, 0.3) is 5.91 Å². The van der Waals surface area contributed by atoms with Gasteiger partial charge in [-0.05, 0) is 25.1 Å². The maximum Gasteiger partial charge on any atom is 0.256 e. The Hall–Kier alpha value is -2.44. The standard InChI is InChI=1S/C19H18Cl2N4O2/c1-12-22-9-13(10-23-12)18(25-6-4-15(26)5-7-25)11-24-19(27)16-3-2-14(20)8-17(16)21/h2-3,8-11H,4-7H2,1H3,(H,24,27)/b18-11-. The molecule has 0 radical (unpaired) electrons. The summed E-state index contributed by atoms with van der Waals surface area (Å²) in [4.78, 5) is 34.6. The predicted octanol–water partition coefficient (Wildman–Crippen LogP) is 3.49. The van der Waals surface area contributed by atoms with E-state index in [9.17, 15) is 9.59 Å². The van der Waals surface area contributed by atoms with Crippen molar-refractivity contribution in [3.8, 4) is 0 Å². The van der Waals surface area contributed by atoms with Crippen LogP contribution in [0.4, 0.5) is 0 Å². The van der Waals surface area contributed by atoms with Gasteiger partial charge in [-0.25, -0.2) is 9.97 Å². The number of carbonyl (C=O) groups is 2. The largest absolute Gasteiger partial charge is 0.369 e. The lowest BCUT2D eigenvalue weighted by Gasteiger charge is -2.30.